The number of benzene rings is 1. The number of amides is 2. The molecular weight excluding hydrogens is 330 g/mol. The molecule has 1 aromatic rings. The number of nitrogens with zero attached hydrogens (tertiary/aromatic N) is 2. The van der Waals surface area contributed by atoms with E-state index in [2.05, 4.69) is 17.2 Å². The predicted octanol–water partition coefficient (Wildman–Crippen LogP) is 3.28. The number of rotatable bonds is 6. The lowest BCUT2D eigenvalue weighted by Crippen LogP contribution is -2.58. The van der Waals surface area contributed by atoms with E-state index in [-0.39, 0.29) is 18.2 Å². The first-order chi connectivity index (χ1) is 12.5. The summed E-state index contributed by atoms with van der Waals surface area (Å²) in [5.41, 5.74) is -0.363. The van der Waals surface area contributed by atoms with Crippen molar-refractivity contribution in [2.45, 2.75) is 38.6 Å². The maximum atomic E-state index is 12.9. The summed E-state index contributed by atoms with van der Waals surface area (Å²) in [5, 5.41) is 2.90. The Morgan fingerprint density at radius 2 is 2.08 bits per heavy atom. The minimum Gasteiger partial charge on any atom is -0.494 e. The number of ether oxygens (including phenoxy) is 1. The average molecular weight is 353 g/mol. The van der Waals surface area contributed by atoms with Crippen LogP contribution in [0.1, 0.15) is 33.1 Å². The van der Waals surface area contributed by atoms with E-state index in [1.165, 1.54) is 0 Å². The smallest absolute Gasteiger partial charge is 0.250 e. The van der Waals surface area contributed by atoms with Crippen molar-refractivity contribution in [2.75, 3.05) is 11.9 Å². The average Bonchev–Trinajstić information content (AvgIpc) is 2.63. The topological polar surface area (TPSA) is 71.0 Å². The van der Waals surface area contributed by atoms with E-state index < -0.39 is 5.54 Å². The SMILES string of the molecule is CCCCOc1ccc(NC(=O)C2(C)CC(=O)N=C3C=CC=CN32)cc1. The number of hydrogen-bond acceptors (Lipinski definition) is 4. The third-order valence-corrected chi connectivity index (χ3v) is 4.47. The summed E-state index contributed by atoms with van der Waals surface area (Å²) in [6, 6.07) is 7.26. The fourth-order valence-corrected chi connectivity index (χ4v) is 2.91. The Morgan fingerprint density at radius 1 is 1.31 bits per heavy atom. The van der Waals surface area contributed by atoms with Crippen LogP contribution in [-0.2, 0) is 9.59 Å². The van der Waals surface area contributed by atoms with Crippen LogP contribution in [0.2, 0.25) is 0 Å². The zero-order valence-electron chi connectivity index (χ0n) is 15.1. The van der Waals surface area contributed by atoms with Gasteiger partial charge >= 0.3 is 0 Å². The van der Waals surface area contributed by atoms with Gasteiger partial charge in [0.05, 0.1) is 13.0 Å². The highest BCUT2D eigenvalue weighted by molar-refractivity contribution is 6.11. The maximum Gasteiger partial charge on any atom is 0.250 e. The van der Waals surface area contributed by atoms with Gasteiger partial charge in [-0.05, 0) is 49.8 Å². The lowest BCUT2D eigenvalue weighted by molar-refractivity contribution is -0.130. The van der Waals surface area contributed by atoms with Crippen LogP contribution >= 0.6 is 0 Å². The maximum absolute atomic E-state index is 12.9. The highest BCUT2D eigenvalue weighted by Crippen LogP contribution is 2.29. The molecule has 1 unspecified atom stereocenters. The van der Waals surface area contributed by atoms with Crippen LogP contribution in [0, 0.1) is 0 Å². The Hall–Kier alpha value is -2.89. The minimum atomic E-state index is -1.02. The van der Waals surface area contributed by atoms with Crippen LogP contribution in [0.25, 0.3) is 0 Å². The van der Waals surface area contributed by atoms with Crippen molar-refractivity contribution in [3.63, 3.8) is 0 Å². The van der Waals surface area contributed by atoms with Crippen LogP contribution in [-0.4, -0.2) is 34.7 Å². The zero-order valence-corrected chi connectivity index (χ0v) is 15.1. The van der Waals surface area contributed by atoms with Gasteiger partial charge in [-0.3, -0.25) is 9.59 Å². The number of hydrogen-bond donors (Lipinski definition) is 1. The molecule has 0 aromatic heterocycles. The molecule has 0 saturated carbocycles. The van der Waals surface area contributed by atoms with Crippen molar-refractivity contribution >= 4 is 23.3 Å². The van der Waals surface area contributed by atoms with Crippen molar-refractivity contribution in [2.24, 2.45) is 4.99 Å². The molecule has 0 bridgehead atoms. The number of allylic oxidation sites excluding steroid dienone is 2. The van der Waals surface area contributed by atoms with E-state index in [9.17, 15) is 9.59 Å². The second-order valence-corrected chi connectivity index (χ2v) is 6.57. The quantitative estimate of drug-likeness (QED) is 0.797. The molecule has 0 radical (unpaired) electrons. The number of carbonyl (C=O) groups is 2. The number of aliphatic imine (C=N–C) groups is 1. The fourth-order valence-electron chi connectivity index (χ4n) is 2.91. The third kappa shape index (κ3) is 3.69. The summed E-state index contributed by atoms with van der Waals surface area (Å²) in [6.07, 6.45) is 9.23. The van der Waals surface area contributed by atoms with E-state index in [1.54, 1.807) is 42.3 Å². The van der Waals surface area contributed by atoms with Crippen LogP contribution in [0.5, 0.6) is 5.75 Å². The van der Waals surface area contributed by atoms with Gasteiger partial charge in [0, 0.05) is 11.9 Å². The molecule has 0 spiro atoms. The lowest BCUT2D eigenvalue weighted by Gasteiger charge is -2.41. The summed E-state index contributed by atoms with van der Waals surface area (Å²) in [7, 11) is 0. The molecule has 2 amide bonds. The summed E-state index contributed by atoms with van der Waals surface area (Å²) in [4.78, 5) is 30.7. The van der Waals surface area contributed by atoms with Crippen molar-refractivity contribution < 1.29 is 14.3 Å². The lowest BCUT2D eigenvalue weighted by atomic mass is 9.91. The number of unbranched alkanes of at least 4 members (excludes halogenated alkanes) is 1. The molecule has 1 aromatic carbocycles. The summed E-state index contributed by atoms with van der Waals surface area (Å²) in [5.74, 6) is 0.710. The molecule has 1 atom stereocenters. The van der Waals surface area contributed by atoms with Crippen LogP contribution in [0.15, 0.2) is 53.7 Å². The third-order valence-electron chi connectivity index (χ3n) is 4.47. The highest BCUT2D eigenvalue weighted by atomic mass is 16.5. The molecule has 2 aliphatic rings. The van der Waals surface area contributed by atoms with Gasteiger partial charge in [-0.25, -0.2) is 0 Å². The Labute approximate surface area is 153 Å². The first-order valence-electron chi connectivity index (χ1n) is 8.83. The Bertz CT molecular complexity index is 780. The molecule has 6 heteroatoms. The van der Waals surface area contributed by atoms with E-state index >= 15 is 0 Å². The Balaban J connectivity index is 1.71. The number of fused-ring (bicyclic) bond motifs is 1. The van der Waals surface area contributed by atoms with Gasteiger partial charge in [-0.15, -0.1) is 0 Å². The Morgan fingerprint density at radius 3 is 2.81 bits per heavy atom. The number of nitrogens with one attached hydrogen (secondary N) is 1. The van der Waals surface area contributed by atoms with E-state index in [1.807, 2.05) is 18.2 Å². The molecule has 0 saturated heterocycles. The summed E-state index contributed by atoms with van der Waals surface area (Å²) < 4.78 is 5.63. The molecule has 0 fully saturated rings. The van der Waals surface area contributed by atoms with E-state index in [0.717, 1.165) is 18.6 Å². The monoisotopic (exact) mass is 353 g/mol. The van der Waals surface area contributed by atoms with Gasteiger partial charge in [-0.2, -0.15) is 4.99 Å². The van der Waals surface area contributed by atoms with Crippen molar-refractivity contribution in [3.05, 3.63) is 48.7 Å². The number of anilines is 1. The van der Waals surface area contributed by atoms with Crippen molar-refractivity contribution in [1.82, 2.24) is 4.90 Å². The molecule has 136 valence electrons. The van der Waals surface area contributed by atoms with Crippen LogP contribution in [0.4, 0.5) is 5.69 Å². The van der Waals surface area contributed by atoms with Crippen molar-refractivity contribution in [3.8, 4) is 5.75 Å². The van der Waals surface area contributed by atoms with E-state index in [4.69, 9.17) is 4.74 Å². The van der Waals surface area contributed by atoms with Gasteiger partial charge in [0.25, 0.3) is 11.8 Å². The normalized spacial score (nSPS) is 21.2. The number of carbonyl (C=O) groups excluding carboxylic acids is 2. The molecule has 0 aliphatic carbocycles. The van der Waals surface area contributed by atoms with Gasteiger partial charge in [0.2, 0.25) is 0 Å². The highest BCUT2D eigenvalue weighted by Gasteiger charge is 2.45. The molecule has 26 heavy (non-hydrogen) atoms. The van der Waals surface area contributed by atoms with Crippen LogP contribution < -0.4 is 10.1 Å². The molecule has 3 rings (SSSR count). The first-order valence-corrected chi connectivity index (χ1v) is 8.83. The standard InChI is InChI=1S/C20H23N3O3/c1-3-4-13-26-16-10-8-15(9-11-16)21-19(25)20(2)14-18(24)22-17-7-5-6-12-23(17)20/h5-12H,3-4,13-14H2,1-2H3,(H,21,25). The predicted molar refractivity (Wildman–Crippen MR) is 101 cm³/mol. The second-order valence-electron chi connectivity index (χ2n) is 6.57. The molecular formula is C20H23N3O3. The molecule has 6 nitrogen and oxygen atoms in total. The van der Waals surface area contributed by atoms with E-state index in [0.29, 0.717) is 18.1 Å². The van der Waals surface area contributed by atoms with Crippen LogP contribution in [0.3, 0.4) is 0 Å². The fraction of sp³-hybridized carbons (Fsp3) is 0.350. The minimum absolute atomic E-state index is 0.0265. The molecule has 2 aliphatic heterocycles. The number of amidine groups is 1. The van der Waals surface area contributed by atoms with Gasteiger partial charge < -0.3 is 15.0 Å². The Kier molecular flexibility index (Phi) is 5.21. The zero-order chi connectivity index (χ0) is 18.6. The van der Waals surface area contributed by atoms with Crippen molar-refractivity contribution in [1.29, 1.82) is 0 Å². The second kappa shape index (κ2) is 7.56. The van der Waals surface area contributed by atoms with Gasteiger partial charge in [0.15, 0.2) is 0 Å². The summed E-state index contributed by atoms with van der Waals surface area (Å²) >= 11 is 0. The first kappa shape index (κ1) is 17.9. The van der Waals surface area contributed by atoms with Gasteiger partial charge in [-0.1, -0.05) is 19.4 Å². The molecule has 2 heterocycles. The molecule has 1 N–H and O–H groups in total. The summed E-state index contributed by atoms with van der Waals surface area (Å²) in [6.45, 7) is 4.54. The largest absolute Gasteiger partial charge is 0.494 e. The van der Waals surface area contributed by atoms with Gasteiger partial charge in [0.1, 0.15) is 17.1 Å².